The van der Waals surface area contributed by atoms with Crippen LogP contribution in [0.4, 0.5) is 0 Å². The third kappa shape index (κ3) is 15.1. The van der Waals surface area contributed by atoms with Crippen LogP contribution in [0.3, 0.4) is 0 Å². The fourth-order valence-electron chi connectivity index (χ4n) is 2.59. The molecule has 0 spiro atoms. The van der Waals surface area contributed by atoms with Crippen LogP contribution in [0, 0.1) is 0 Å². The first-order chi connectivity index (χ1) is 11.7. The van der Waals surface area contributed by atoms with Crippen LogP contribution in [0.25, 0.3) is 0 Å². The molecular weight excluding hydrogens is 407 g/mol. The van der Waals surface area contributed by atoms with Gasteiger partial charge in [-0.15, -0.1) is 0 Å². The SMILES string of the molecule is CCCCCCCCCCCCCC[CH2][Mn][CH](S(=O)(=O)O)S(=O)(=O)O. The van der Waals surface area contributed by atoms with Gasteiger partial charge in [-0.05, 0) is 0 Å². The molecule has 9 heteroatoms. The summed E-state index contributed by atoms with van der Waals surface area (Å²) in [5.41, 5.74) is 0. The minimum atomic E-state index is -4.76. The molecule has 0 amide bonds. The second-order valence-electron chi connectivity index (χ2n) is 6.39. The monoisotopic (exact) mass is 441 g/mol. The molecule has 25 heavy (non-hydrogen) atoms. The maximum atomic E-state index is 11.0. The van der Waals surface area contributed by atoms with Gasteiger partial charge in [0.25, 0.3) is 0 Å². The third-order valence-corrected chi connectivity index (χ3v) is 10.6. The standard InChI is InChI=1S/C15H31.CH3O6S2.Mn/c1-3-5-7-9-11-13-15-14-12-10-8-6-4-2;2-8(3,4)1-9(5,6)7;/h1,3-15H2,2H3;1H,(H,2,3,4)(H,5,6,7);. The Kier molecular flexibility index (Phi) is 14.6. The van der Waals surface area contributed by atoms with E-state index in [4.69, 9.17) is 9.11 Å². The topological polar surface area (TPSA) is 109 Å². The molecule has 0 bridgehead atoms. The number of hydrogen-bond donors (Lipinski definition) is 2. The van der Waals surface area contributed by atoms with Crippen LogP contribution in [0.1, 0.15) is 90.4 Å². The Morgan fingerprint density at radius 2 is 0.960 bits per heavy atom. The number of hydrogen-bond acceptors (Lipinski definition) is 4. The van der Waals surface area contributed by atoms with Gasteiger partial charge < -0.3 is 0 Å². The van der Waals surface area contributed by atoms with Crippen LogP contribution >= 0.6 is 0 Å². The number of rotatable bonds is 17. The van der Waals surface area contributed by atoms with E-state index >= 15 is 0 Å². The van der Waals surface area contributed by atoms with Crippen molar-refractivity contribution < 1.29 is 40.9 Å². The van der Waals surface area contributed by atoms with Crippen LogP contribution in [0.5, 0.6) is 0 Å². The minimum absolute atomic E-state index is 0.380. The zero-order chi connectivity index (χ0) is 19.2. The fraction of sp³-hybridized carbons (Fsp3) is 1.00. The Labute approximate surface area is 160 Å². The van der Waals surface area contributed by atoms with E-state index in [9.17, 15) is 16.8 Å². The molecule has 0 aromatic rings. The van der Waals surface area contributed by atoms with Gasteiger partial charge in [-0.1, -0.05) is 19.8 Å². The zero-order valence-electron chi connectivity index (χ0n) is 15.2. The summed E-state index contributed by atoms with van der Waals surface area (Å²) in [6, 6.07) is 0. The van der Waals surface area contributed by atoms with Crippen molar-refractivity contribution in [2.24, 2.45) is 0 Å². The molecule has 0 rings (SSSR count). The maximum absolute atomic E-state index is 11.0. The molecule has 0 aromatic carbocycles. The van der Waals surface area contributed by atoms with E-state index < -0.39 is 38.7 Å². The average molecular weight is 442 g/mol. The quantitative estimate of drug-likeness (QED) is 0.193. The molecule has 0 aliphatic rings. The summed E-state index contributed by atoms with van der Waals surface area (Å²) in [7, 11) is -9.53. The summed E-state index contributed by atoms with van der Waals surface area (Å²) >= 11 is -0.572. The molecule has 0 aromatic heterocycles. The average Bonchev–Trinajstić information content (AvgIpc) is 2.48. The molecule has 2 N–H and O–H groups in total. The number of unbranched alkanes of at least 4 members (excludes halogenated alkanes) is 12. The van der Waals surface area contributed by atoms with Gasteiger partial charge in [0.1, 0.15) is 0 Å². The van der Waals surface area contributed by atoms with Crippen molar-refractivity contribution in [1.82, 2.24) is 0 Å². The van der Waals surface area contributed by atoms with E-state index in [1.54, 1.807) is 0 Å². The molecule has 0 saturated heterocycles. The van der Waals surface area contributed by atoms with Crippen LogP contribution in [0.15, 0.2) is 0 Å². The van der Waals surface area contributed by atoms with E-state index in [-0.39, 0.29) is 0 Å². The van der Waals surface area contributed by atoms with Gasteiger partial charge in [0.15, 0.2) is 0 Å². The summed E-state index contributed by atoms with van der Waals surface area (Å²) < 4.78 is 59.5. The second kappa shape index (κ2) is 14.4. The van der Waals surface area contributed by atoms with E-state index in [0.29, 0.717) is 11.7 Å². The summed E-state index contributed by atoms with van der Waals surface area (Å²) in [5, 5.41) is 0.380. The first-order valence-corrected chi connectivity index (χ1v) is 13.7. The van der Waals surface area contributed by atoms with Crippen molar-refractivity contribution in [2.75, 3.05) is 0 Å². The Morgan fingerprint density at radius 1 is 0.640 bits per heavy atom. The summed E-state index contributed by atoms with van der Waals surface area (Å²) in [6.07, 6.45) is 15.5. The Hall–Kier alpha value is 0.339. The molecule has 0 atom stereocenters. The predicted octanol–water partition coefficient (Wildman–Crippen LogP) is 4.64. The van der Waals surface area contributed by atoms with Gasteiger partial charge in [-0.25, -0.2) is 0 Å². The molecule has 0 saturated carbocycles. The van der Waals surface area contributed by atoms with Crippen molar-refractivity contribution in [1.29, 1.82) is 0 Å². The van der Waals surface area contributed by atoms with Crippen LogP contribution in [0.2, 0.25) is 5.32 Å². The van der Waals surface area contributed by atoms with Crippen molar-refractivity contribution in [3.63, 3.8) is 0 Å². The van der Waals surface area contributed by atoms with Crippen molar-refractivity contribution in [2.45, 2.75) is 99.2 Å². The summed E-state index contributed by atoms with van der Waals surface area (Å²) in [4.78, 5) is 0. The Balaban J connectivity index is 3.53. The van der Waals surface area contributed by atoms with E-state index in [1.807, 2.05) is 0 Å². The second-order valence-corrected chi connectivity index (χ2v) is 12.3. The molecular formula is C16H34MnO6S2. The molecule has 0 heterocycles. The molecule has 0 unspecified atom stereocenters. The zero-order valence-corrected chi connectivity index (χ0v) is 18.0. The van der Waals surface area contributed by atoms with Crippen molar-refractivity contribution >= 4 is 20.2 Å². The van der Waals surface area contributed by atoms with Crippen LogP contribution in [-0.4, -0.2) is 29.4 Å². The predicted molar refractivity (Wildman–Crippen MR) is 97.4 cm³/mol. The van der Waals surface area contributed by atoms with E-state index in [2.05, 4.69) is 6.92 Å². The molecule has 0 fully saturated rings. The van der Waals surface area contributed by atoms with E-state index in [1.165, 1.54) is 57.8 Å². The van der Waals surface area contributed by atoms with Crippen molar-refractivity contribution in [3.8, 4) is 0 Å². The third-order valence-electron chi connectivity index (χ3n) is 3.94. The summed E-state index contributed by atoms with van der Waals surface area (Å²) in [5.74, 6) is 0. The fourth-order valence-corrected chi connectivity index (χ4v) is 7.18. The summed E-state index contributed by atoms with van der Waals surface area (Å²) in [6.45, 7) is 2.22. The Morgan fingerprint density at radius 3 is 1.28 bits per heavy atom. The van der Waals surface area contributed by atoms with Crippen molar-refractivity contribution in [3.05, 3.63) is 0 Å². The first kappa shape index (κ1) is 25.3. The van der Waals surface area contributed by atoms with E-state index in [0.717, 1.165) is 19.3 Å². The van der Waals surface area contributed by atoms with Gasteiger partial charge in [0, 0.05) is 0 Å². The van der Waals surface area contributed by atoms with Gasteiger partial charge in [-0.3, -0.25) is 0 Å². The van der Waals surface area contributed by atoms with Gasteiger partial charge in [-0.2, -0.15) is 0 Å². The van der Waals surface area contributed by atoms with Crippen LogP contribution in [-0.2, 0) is 35.2 Å². The normalized spacial score (nSPS) is 12.8. The Bertz CT molecular complexity index is 487. The molecule has 0 aliphatic carbocycles. The molecule has 0 aliphatic heterocycles. The van der Waals surface area contributed by atoms with Gasteiger partial charge in [0.2, 0.25) is 0 Å². The molecule has 153 valence electrons. The van der Waals surface area contributed by atoms with Gasteiger partial charge >= 0.3 is 141 Å². The first-order valence-electron chi connectivity index (χ1n) is 9.20. The van der Waals surface area contributed by atoms with Gasteiger partial charge in [0.05, 0.1) is 0 Å². The molecule has 6 nitrogen and oxygen atoms in total. The van der Waals surface area contributed by atoms with Crippen LogP contribution < -0.4 is 0 Å². The molecule has 0 radical (unpaired) electrons.